The third-order valence-corrected chi connectivity index (χ3v) is 3.33. The molecule has 0 aliphatic heterocycles. The minimum absolute atomic E-state index is 0. The van der Waals surface area contributed by atoms with Gasteiger partial charge in [0.05, 0.1) is 12.2 Å². The number of aromatic nitrogens is 1. The third kappa shape index (κ3) is 9.45. The lowest BCUT2D eigenvalue weighted by molar-refractivity contribution is -0.274. The van der Waals surface area contributed by atoms with E-state index in [0.29, 0.717) is 25.5 Å². The molecule has 9 heteroatoms. The smallest absolute Gasteiger partial charge is 0.406 e. The molecule has 2 N–H and O–H groups in total. The molecule has 0 saturated heterocycles. The van der Waals surface area contributed by atoms with Crippen molar-refractivity contribution in [3.05, 3.63) is 59.9 Å². The summed E-state index contributed by atoms with van der Waals surface area (Å²) in [5.41, 5.74) is 1.76. The maximum Gasteiger partial charge on any atom is 0.573 e. The van der Waals surface area contributed by atoms with E-state index in [1.54, 1.807) is 18.3 Å². The van der Waals surface area contributed by atoms with Crippen LogP contribution < -0.4 is 15.4 Å². The first-order valence-electron chi connectivity index (χ1n) is 8.23. The van der Waals surface area contributed by atoms with Crippen LogP contribution in [-0.4, -0.2) is 30.4 Å². The molecule has 1 aromatic heterocycles. The largest absolute Gasteiger partial charge is 0.573 e. The van der Waals surface area contributed by atoms with Gasteiger partial charge in [-0.05, 0) is 43.2 Å². The molecule has 5 nitrogen and oxygen atoms in total. The highest BCUT2D eigenvalue weighted by molar-refractivity contribution is 14.0. The molecule has 0 aliphatic rings. The van der Waals surface area contributed by atoms with E-state index in [4.69, 9.17) is 0 Å². The highest BCUT2D eigenvalue weighted by atomic mass is 127. The predicted molar refractivity (Wildman–Crippen MR) is 109 cm³/mol. The second-order valence-corrected chi connectivity index (χ2v) is 5.38. The van der Waals surface area contributed by atoms with Gasteiger partial charge in [-0.25, -0.2) is 4.99 Å². The Hall–Kier alpha value is -2.04. The van der Waals surface area contributed by atoms with Gasteiger partial charge in [0, 0.05) is 19.3 Å². The van der Waals surface area contributed by atoms with Gasteiger partial charge < -0.3 is 15.4 Å². The first kappa shape index (κ1) is 23.0. The highest BCUT2D eigenvalue weighted by Gasteiger charge is 2.30. The number of pyridine rings is 1. The molecule has 1 heterocycles. The van der Waals surface area contributed by atoms with E-state index >= 15 is 0 Å². The first-order valence-corrected chi connectivity index (χ1v) is 8.23. The molecule has 148 valence electrons. The van der Waals surface area contributed by atoms with E-state index in [0.717, 1.165) is 17.8 Å². The summed E-state index contributed by atoms with van der Waals surface area (Å²) in [4.78, 5) is 8.67. The predicted octanol–water partition coefficient (Wildman–Crippen LogP) is 3.90. The fourth-order valence-electron chi connectivity index (χ4n) is 2.18. The number of aliphatic imine (C=N–C) groups is 1. The maximum atomic E-state index is 12.1. The van der Waals surface area contributed by atoms with Gasteiger partial charge in [-0.2, -0.15) is 0 Å². The average Bonchev–Trinajstić information content (AvgIpc) is 2.61. The van der Waals surface area contributed by atoms with Gasteiger partial charge >= 0.3 is 6.36 Å². The number of nitrogens with one attached hydrogen (secondary N) is 2. The lowest BCUT2D eigenvalue weighted by Gasteiger charge is -2.12. The molecule has 27 heavy (non-hydrogen) atoms. The maximum absolute atomic E-state index is 12.1. The van der Waals surface area contributed by atoms with Crippen molar-refractivity contribution in [3.63, 3.8) is 0 Å². The average molecular weight is 494 g/mol. The number of hydrogen-bond donors (Lipinski definition) is 2. The van der Waals surface area contributed by atoms with E-state index in [-0.39, 0.29) is 29.7 Å². The quantitative estimate of drug-likeness (QED) is 0.349. The monoisotopic (exact) mass is 494 g/mol. The summed E-state index contributed by atoms with van der Waals surface area (Å²) in [6.07, 6.45) is -2.31. The summed E-state index contributed by atoms with van der Waals surface area (Å²) in [6, 6.07) is 11.5. The summed E-state index contributed by atoms with van der Waals surface area (Å²) in [5.74, 6) is 0.439. The van der Waals surface area contributed by atoms with Crippen LogP contribution in [0.15, 0.2) is 53.7 Å². The van der Waals surface area contributed by atoms with Crippen molar-refractivity contribution in [1.82, 2.24) is 15.6 Å². The molecular formula is C18H22F3IN4O. The minimum atomic E-state index is -4.67. The number of nitrogens with zero attached hydrogens (tertiary/aromatic N) is 2. The van der Waals surface area contributed by atoms with Crippen molar-refractivity contribution in [2.24, 2.45) is 4.99 Å². The van der Waals surface area contributed by atoms with Crippen molar-refractivity contribution >= 4 is 29.9 Å². The second kappa shape index (κ2) is 11.6. The molecule has 0 radical (unpaired) electrons. The Kier molecular flexibility index (Phi) is 9.90. The third-order valence-electron chi connectivity index (χ3n) is 3.33. The van der Waals surface area contributed by atoms with Crippen LogP contribution in [0.1, 0.15) is 18.2 Å². The van der Waals surface area contributed by atoms with E-state index in [2.05, 4.69) is 25.3 Å². The standard InChI is InChI=1S/C18H21F3N4O.HI/c1-2-22-17(25-13-15-5-3-4-11-23-15)24-12-10-14-6-8-16(9-7-14)26-18(19,20)21;/h3-9,11H,2,10,12-13H2,1H3,(H2,22,24,25);1H. The first-order chi connectivity index (χ1) is 12.5. The Bertz CT molecular complexity index is 694. The van der Waals surface area contributed by atoms with Gasteiger partial charge in [-0.15, -0.1) is 37.1 Å². The highest BCUT2D eigenvalue weighted by Crippen LogP contribution is 2.22. The number of ether oxygens (including phenoxy) is 1. The van der Waals surface area contributed by atoms with Gasteiger partial charge in [-0.1, -0.05) is 18.2 Å². The summed E-state index contributed by atoms with van der Waals surface area (Å²) >= 11 is 0. The molecular weight excluding hydrogens is 472 g/mol. The Morgan fingerprint density at radius 3 is 2.44 bits per heavy atom. The normalized spacial score (nSPS) is 11.5. The van der Waals surface area contributed by atoms with E-state index < -0.39 is 6.36 Å². The van der Waals surface area contributed by atoms with E-state index in [9.17, 15) is 13.2 Å². The van der Waals surface area contributed by atoms with Gasteiger partial charge in [0.15, 0.2) is 5.96 Å². The summed E-state index contributed by atoms with van der Waals surface area (Å²) in [5, 5.41) is 6.33. The molecule has 0 amide bonds. The van der Waals surface area contributed by atoms with Crippen molar-refractivity contribution in [3.8, 4) is 5.75 Å². The molecule has 2 rings (SSSR count). The molecule has 0 bridgehead atoms. The van der Waals surface area contributed by atoms with Crippen LogP contribution in [0.5, 0.6) is 5.75 Å². The van der Waals surface area contributed by atoms with Crippen LogP contribution >= 0.6 is 24.0 Å². The van der Waals surface area contributed by atoms with Crippen LogP contribution in [-0.2, 0) is 13.0 Å². The van der Waals surface area contributed by atoms with Crippen LogP contribution in [0, 0.1) is 0 Å². The van der Waals surface area contributed by atoms with Gasteiger partial charge in [0.25, 0.3) is 0 Å². The summed E-state index contributed by atoms with van der Waals surface area (Å²) in [6.45, 7) is 3.74. The zero-order valence-corrected chi connectivity index (χ0v) is 17.1. The van der Waals surface area contributed by atoms with Crippen LogP contribution in [0.25, 0.3) is 0 Å². The zero-order valence-electron chi connectivity index (χ0n) is 14.8. The van der Waals surface area contributed by atoms with Crippen molar-refractivity contribution in [2.75, 3.05) is 13.1 Å². The number of halogens is 4. The minimum Gasteiger partial charge on any atom is -0.406 e. The number of benzene rings is 1. The topological polar surface area (TPSA) is 58.5 Å². The molecule has 2 aromatic rings. The number of hydrogen-bond acceptors (Lipinski definition) is 3. The van der Waals surface area contributed by atoms with E-state index in [1.807, 2.05) is 25.1 Å². The van der Waals surface area contributed by atoms with Gasteiger partial charge in [-0.3, -0.25) is 4.98 Å². The van der Waals surface area contributed by atoms with Crippen molar-refractivity contribution in [1.29, 1.82) is 0 Å². The fraction of sp³-hybridized carbons (Fsp3) is 0.333. The Morgan fingerprint density at radius 2 is 1.85 bits per heavy atom. The molecule has 0 aliphatic carbocycles. The SMILES string of the molecule is CCNC(=NCc1ccccn1)NCCc1ccc(OC(F)(F)F)cc1.I. The zero-order chi connectivity index (χ0) is 18.8. The second-order valence-electron chi connectivity index (χ2n) is 5.38. The Balaban J connectivity index is 0.00000364. The van der Waals surface area contributed by atoms with Gasteiger partial charge in [0.1, 0.15) is 5.75 Å². The van der Waals surface area contributed by atoms with Crippen molar-refractivity contribution in [2.45, 2.75) is 26.3 Å². The number of alkyl halides is 3. The lowest BCUT2D eigenvalue weighted by Crippen LogP contribution is -2.38. The Morgan fingerprint density at radius 1 is 1.11 bits per heavy atom. The van der Waals surface area contributed by atoms with Gasteiger partial charge in [0.2, 0.25) is 0 Å². The summed E-state index contributed by atoms with van der Waals surface area (Å²) < 4.78 is 40.3. The molecule has 0 atom stereocenters. The molecule has 0 unspecified atom stereocenters. The van der Waals surface area contributed by atoms with E-state index in [1.165, 1.54) is 12.1 Å². The molecule has 0 spiro atoms. The van der Waals surface area contributed by atoms with Crippen LogP contribution in [0.4, 0.5) is 13.2 Å². The fourth-order valence-corrected chi connectivity index (χ4v) is 2.18. The molecule has 0 saturated carbocycles. The molecule has 1 aromatic carbocycles. The van der Waals surface area contributed by atoms with Crippen LogP contribution in [0.2, 0.25) is 0 Å². The Labute approximate surface area is 173 Å². The summed E-state index contributed by atoms with van der Waals surface area (Å²) in [7, 11) is 0. The van der Waals surface area contributed by atoms with Crippen LogP contribution in [0.3, 0.4) is 0 Å². The lowest BCUT2D eigenvalue weighted by atomic mass is 10.1. The number of rotatable bonds is 7. The van der Waals surface area contributed by atoms with Crippen molar-refractivity contribution < 1.29 is 17.9 Å². The molecule has 0 fully saturated rings. The number of guanidine groups is 1.